The van der Waals surface area contributed by atoms with E-state index in [0.29, 0.717) is 28.6 Å². The highest BCUT2D eigenvalue weighted by atomic mass is 32.2. The minimum absolute atomic E-state index is 0.0102. The number of hydrogen-bond donors (Lipinski definition) is 1. The number of benzene rings is 2. The summed E-state index contributed by atoms with van der Waals surface area (Å²) in [5.74, 6) is -2.50. The van der Waals surface area contributed by atoms with Crippen LogP contribution in [0.2, 0.25) is 0 Å². The molecule has 0 atom stereocenters. The van der Waals surface area contributed by atoms with Crippen molar-refractivity contribution in [2.45, 2.75) is 17.7 Å². The van der Waals surface area contributed by atoms with Crippen molar-refractivity contribution in [2.75, 3.05) is 29.9 Å². The number of rotatable bonds is 6. The fraction of sp³-hybridized carbons (Fsp3) is 0.238. The summed E-state index contributed by atoms with van der Waals surface area (Å²) < 4.78 is 30.2. The summed E-state index contributed by atoms with van der Waals surface area (Å²) in [4.78, 5) is 49.9. The number of amides is 3. The van der Waals surface area contributed by atoms with E-state index in [1.807, 2.05) is 0 Å². The van der Waals surface area contributed by atoms with Gasteiger partial charge in [0, 0.05) is 24.3 Å². The quantitative estimate of drug-likeness (QED) is 0.644. The van der Waals surface area contributed by atoms with E-state index in [1.54, 1.807) is 29.2 Å². The molecule has 166 valence electrons. The van der Waals surface area contributed by atoms with Crippen molar-refractivity contribution in [1.82, 2.24) is 4.31 Å². The second-order valence-corrected chi connectivity index (χ2v) is 9.05. The average molecular weight is 457 g/mol. The van der Waals surface area contributed by atoms with Gasteiger partial charge in [-0.25, -0.2) is 12.7 Å². The highest BCUT2D eigenvalue weighted by molar-refractivity contribution is 7.90. The molecule has 0 saturated carbocycles. The van der Waals surface area contributed by atoms with Crippen molar-refractivity contribution in [2.24, 2.45) is 0 Å². The molecule has 0 spiro atoms. The molecule has 0 radical (unpaired) electrons. The van der Waals surface area contributed by atoms with Gasteiger partial charge < -0.3 is 15.0 Å². The van der Waals surface area contributed by atoms with Gasteiger partial charge in [-0.2, -0.15) is 0 Å². The van der Waals surface area contributed by atoms with Crippen LogP contribution in [0.5, 0.6) is 0 Å². The van der Waals surface area contributed by atoms with E-state index in [2.05, 4.69) is 5.32 Å². The lowest BCUT2D eigenvalue weighted by molar-refractivity contribution is -0.147. The standard InChI is InChI=1S/C21H19N3O7S/c25-18(22-14-5-3-6-15(11-14)23-10-4-9-19(23)26)13-31-20(27)12-24-21(28)16-7-1-2-8-17(16)32(24,29)30/h1-3,5-8,11H,4,9-10,12-13H2,(H,22,25). The van der Waals surface area contributed by atoms with Gasteiger partial charge in [-0.05, 0) is 36.8 Å². The van der Waals surface area contributed by atoms with Crippen LogP contribution in [0.1, 0.15) is 23.2 Å². The predicted octanol–water partition coefficient (Wildman–Crippen LogP) is 1.14. The zero-order chi connectivity index (χ0) is 22.9. The lowest BCUT2D eigenvalue weighted by atomic mass is 10.2. The molecule has 4 rings (SSSR count). The first kappa shape index (κ1) is 21.5. The van der Waals surface area contributed by atoms with Crippen LogP contribution < -0.4 is 10.2 Å². The summed E-state index contributed by atoms with van der Waals surface area (Å²) in [6.07, 6.45) is 1.25. The van der Waals surface area contributed by atoms with Crippen LogP contribution in [0.3, 0.4) is 0 Å². The minimum atomic E-state index is -4.14. The molecule has 2 aromatic carbocycles. The Labute approximate surface area is 183 Å². The Morgan fingerprint density at radius 2 is 1.84 bits per heavy atom. The molecule has 0 aromatic heterocycles. The largest absolute Gasteiger partial charge is 0.454 e. The second kappa shape index (κ2) is 8.42. The highest BCUT2D eigenvalue weighted by Crippen LogP contribution is 2.29. The summed E-state index contributed by atoms with van der Waals surface area (Å²) in [6, 6.07) is 12.3. The van der Waals surface area contributed by atoms with Gasteiger partial charge >= 0.3 is 5.97 Å². The number of ether oxygens (including phenoxy) is 1. The lowest BCUT2D eigenvalue weighted by Gasteiger charge is -2.17. The summed E-state index contributed by atoms with van der Waals surface area (Å²) in [5.41, 5.74) is 1.05. The predicted molar refractivity (Wildman–Crippen MR) is 112 cm³/mol. The Morgan fingerprint density at radius 3 is 2.56 bits per heavy atom. The molecule has 0 aliphatic carbocycles. The van der Waals surface area contributed by atoms with Crippen LogP contribution in [-0.2, 0) is 29.1 Å². The van der Waals surface area contributed by atoms with Gasteiger partial charge in [-0.15, -0.1) is 0 Å². The third-order valence-corrected chi connectivity index (χ3v) is 6.85. The van der Waals surface area contributed by atoms with Gasteiger partial charge in [0.05, 0.1) is 5.56 Å². The Morgan fingerprint density at radius 1 is 1.06 bits per heavy atom. The van der Waals surface area contributed by atoms with E-state index in [4.69, 9.17) is 4.74 Å². The van der Waals surface area contributed by atoms with Gasteiger partial charge in [-0.3, -0.25) is 19.2 Å². The summed E-state index contributed by atoms with van der Waals surface area (Å²) >= 11 is 0. The molecule has 3 amide bonds. The van der Waals surface area contributed by atoms with Gasteiger partial charge in [0.15, 0.2) is 6.61 Å². The smallest absolute Gasteiger partial charge is 0.327 e. The number of fused-ring (bicyclic) bond motifs is 1. The number of nitrogens with one attached hydrogen (secondary N) is 1. The third kappa shape index (κ3) is 4.06. The van der Waals surface area contributed by atoms with Crippen molar-refractivity contribution in [3.05, 3.63) is 54.1 Å². The van der Waals surface area contributed by atoms with Crippen LogP contribution in [0, 0.1) is 0 Å². The monoisotopic (exact) mass is 457 g/mol. The molecule has 1 saturated heterocycles. The molecular weight excluding hydrogens is 438 g/mol. The summed E-state index contributed by atoms with van der Waals surface area (Å²) in [6.45, 7) is -0.897. The number of carbonyl (C=O) groups excluding carboxylic acids is 4. The maximum Gasteiger partial charge on any atom is 0.327 e. The highest BCUT2D eigenvalue weighted by Gasteiger charge is 2.42. The average Bonchev–Trinajstić information content (AvgIpc) is 3.28. The van der Waals surface area contributed by atoms with Gasteiger partial charge in [0.1, 0.15) is 11.4 Å². The molecule has 32 heavy (non-hydrogen) atoms. The lowest BCUT2D eigenvalue weighted by Crippen LogP contribution is -2.36. The van der Waals surface area contributed by atoms with Gasteiger partial charge in [0.2, 0.25) is 5.91 Å². The van der Waals surface area contributed by atoms with Gasteiger partial charge in [-0.1, -0.05) is 18.2 Å². The third-order valence-electron chi connectivity index (χ3n) is 5.06. The molecule has 0 unspecified atom stereocenters. The van der Waals surface area contributed by atoms with Crippen molar-refractivity contribution < 1.29 is 32.3 Å². The van der Waals surface area contributed by atoms with Crippen molar-refractivity contribution >= 4 is 45.1 Å². The Bertz CT molecular complexity index is 1230. The maximum atomic E-state index is 12.5. The molecule has 11 heteroatoms. The second-order valence-electron chi connectivity index (χ2n) is 7.22. The first-order valence-corrected chi connectivity index (χ1v) is 11.2. The fourth-order valence-corrected chi connectivity index (χ4v) is 5.08. The molecule has 2 heterocycles. The molecular formula is C21H19N3O7S. The van der Waals surface area contributed by atoms with Crippen molar-refractivity contribution in [1.29, 1.82) is 0 Å². The van der Waals surface area contributed by atoms with Crippen LogP contribution >= 0.6 is 0 Å². The Kier molecular flexibility index (Phi) is 5.66. The molecule has 2 aliphatic rings. The summed E-state index contributed by atoms with van der Waals surface area (Å²) in [7, 11) is -4.14. The van der Waals surface area contributed by atoms with Crippen LogP contribution in [0.15, 0.2) is 53.4 Å². The zero-order valence-electron chi connectivity index (χ0n) is 16.8. The van der Waals surface area contributed by atoms with E-state index < -0.39 is 41.0 Å². The Balaban J connectivity index is 1.33. The van der Waals surface area contributed by atoms with E-state index >= 15 is 0 Å². The van der Waals surface area contributed by atoms with E-state index in [9.17, 15) is 27.6 Å². The number of nitrogens with zero attached hydrogens (tertiary/aromatic N) is 2. The Hall–Kier alpha value is -3.73. The van der Waals surface area contributed by atoms with E-state index in [-0.39, 0.29) is 16.4 Å². The van der Waals surface area contributed by atoms with Crippen LogP contribution in [-0.4, -0.2) is 56.1 Å². The van der Waals surface area contributed by atoms with Crippen molar-refractivity contribution in [3.8, 4) is 0 Å². The van der Waals surface area contributed by atoms with Crippen LogP contribution in [0.25, 0.3) is 0 Å². The van der Waals surface area contributed by atoms with Crippen LogP contribution in [0.4, 0.5) is 11.4 Å². The SMILES string of the molecule is O=C(COC(=O)CN1C(=O)c2ccccc2S1(=O)=O)Nc1cccc(N2CCCC2=O)c1. The first-order chi connectivity index (χ1) is 15.3. The maximum absolute atomic E-state index is 12.5. The minimum Gasteiger partial charge on any atom is -0.454 e. The molecule has 0 bridgehead atoms. The summed E-state index contributed by atoms with van der Waals surface area (Å²) in [5, 5.41) is 2.56. The fourth-order valence-electron chi connectivity index (χ4n) is 3.57. The van der Waals surface area contributed by atoms with Gasteiger partial charge in [0.25, 0.3) is 21.8 Å². The molecule has 1 N–H and O–H groups in total. The number of esters is 1. The molecule has 10 nitrogen and oxygen atoms in total. The van der Waals surface area contributed by atoms with E-state index in [0.717, 1.165) is 6.42 Å². The number of anilines is 2. The molecule has 2 aromatic rings. The molecule has 2 aliphatic heterocycles. The molecule has 1 fully saturated rings. The van der Waals surface area contributed by atoms with E-state index in [1.165, 1.54) is 24.3 Å². The first-order valence-electron chi connectivity index (χ1n) is 9.79. The van der Waals surface area contributed by atoms with Crippen molar-refractivity contribution in [3.63, 3.8) is 0 Å². The topological polar surface area (TPSA) is 130 Å². The number of hydrogen-bond acceptors (Lipinski definition) is 7. The number of carbonyl (C=O) groups is 4. The number of sulfonamides is 1. The normalized spacial score (nSPS) is 16.8. The zero-order valence-corrected chi connectivity index (χ0v) is 17.6.